The second-order valence-corrected chi connectivity index (χ2v) is 6.79. The Hall–Kier alpha value is -2.04. The highest BCUT2D eigenvalue weighted by atomic mass is 35.5. The van der Waals surface area contributed by atoms with Gasteiger partial charge in [-0.2, -0.15) is 0 Å². The van der Waals surface area contributed by atoms with Gasteiger partial charge in [0.05, 0.1) is 6.42 Å². The lowest BCUT2D eigenvalue weighted by Gasteiger charge is -2.23. The van der Waals surface area contributed by atoms with E-state index in [1.54, 1.807) is 0 Å². The first-order valence-electron chi connectivity index (χ1n) is 8.65. The smallest absolute Gasteiger partial charge is 0.224 e. The molecule has 0 aromatic heterocycles. The van der Waals surface area contributed by atoms with Crippen LogP contribution < -0.4 is 15.4 Å². The quantitative estimate of drug-likeness (QED) is 0.832. The fourth-order valence-electron chi connectivity index (χ4n) is 2.98. The lowest BCUT2D eigenvalue weighted by atomic mass is 10.1. The third-order valence-corrected chi connectivity index (χ3v) is 4.45. The van der Waals surface area contributed by atoms with E-state index in [1.807, 2.05) is 48.5 Å². The van der Waals surface area contributed by atoms with Gasteiger partial charge in [0.2, 0.25) is 5.91 Å². The van der Waals surface area contributed by atoms with Gasteiger partial charge in [-0.25, -0.2) is 0 Å². The number of benzene rings is 2. The Morgan fingerprint density at radius 2 is 2.04 bits per heavy atom. The molecule has 1 fully saturated rings. The van der Waals surface area contributed by atoms with Crippen molar-refractivity contribution in [3.8, 4) is 5.75 Å². The highest BCUT2D eigenvalue weighted by Crippen LogP contribution is 2.17. The average molecular weight is 359 g/mol. The Bertz CT molecular complexity index is 714. The van der Waals surface area contributed by atoms with E-state index in [0.717, 1.165) is 42.8 Å². The molecule has 2 aromatic carbocycles. The fraction of sp³-hybridized carbons (Fsp3) is 0.350. The van der Waals surface area contributed by atoms with E-state index in [9.17, 15) is 4.79 Å². The summed E-state index contributed by atoms with van der Waals surface area (Å²) in [7, 11) is 0. The van der Waals surface area contributed by atoms with Gasteiger partial charge in [-0.3, -0.25) is 4.79 Å². The highest BCUT2D eigenvalue weighted by Gasteiger charge is 2.15. The van der Waals surface area contributed by atoms with Gasteiger partial charge in [0.1, 0.15) is 12.4 Å². The van der Waals surface area contributed by atoms with E-state index in [-0.39, 0.29) is 11.9 Å². The molecular formula is C20H23ClN2O2. The molecule has 2 N–H and O–H groups in total. The number of carbonyl (C=O) groups is 1. The van der Waals surface area contributed by atoms with Gasteiger partial charge in [0.25, 0.3) is 0 Å². The minimum atomic E-state index is 0.0562. The standard InChI is InChI=1S/C20H23ClN2O2/c21-17-6-1-5-16(10-17)14-25-19-8-2-4-15(11-19)12-20(24)23-18-7-3-9-22-13-18/h1-2,4-6,8,10-11,18,22H,3,7,9,12-14H2,(H,23,24). The lowest BCUT2D eigenvalue weighted by Crippen LogP contribution is -2.46. The molecule has 3 rings (SSSR count). The maximum atomic E-state index is 12.2. The molecular weight excluding hydrogens is 336 g/mol. The van der Waals surface area contributed by atoms with Crippen LogP contribution in [0.4, 0.5) is 0 Å². The minimum Gasteiger partial charge on any atom is -0.489 e. The molecule has 4 nitrogen and oxygen atoms in total. The van der Waals surface area contributed by atoms with Crippen molar-refractivity contribution in [3.05, 3.63) is 64.7 Å². The molecule has 132 valence electrons. The summed E-state index contributed by atoms with van der Waals surface area (Å²) < 4.78 is 5.82. The van der Waals surface area contributed by atoms with Crippen LogP contribution in [-0.4, -0.2) is 25.0 Å². The van der Waals surface area contributed by atoms with Crippen LogP contribution in [0.5, 0.6) is 5.75 Å². The summed E-state index contributed by atoms with van der Waals surface area (Å²) in [5.41, 5.74) is 1.96. The molecule has 0 saturated carbocycles. The van der Waals surface area contributed by atoms with E-state index in [1.165, 1.54) is 0 Å². The molecule has 1 atom stereocenters. The predicted molar refractivity (Wildman–Crippen MR) is 100.0 cm³/mol. The van der Waals surface area contributed by atoms with Crippen molar-refractivity contribution in [3.63, 3.8) is 0 Å². The van der Waals surface area contributed by atoms with Crippen molar-refractivity contribution >= 4 is 17.5 Å². The summed E-state index contributed by atoms with van der Waals surface area (Å²) in [5.74, 6) is 0.810. The van der Waals surface area contributed by atoms with Crippen LogP contribution >= 0.6 is 11.6 Å². The largest absolute Gasteiger partial charge is 0.489 e. The van der Waals surface area contributed by atoms with Gasteiger partial charge >= 0.3 is 0 Å². The number of rotatable bonds is 6. The molecule has 1 aliphatic rings. The number of nitrogens with one attached hydrogen (secondary N) is 2. The van der Waals surface area contributed by atoms with Gasteiger partial charge < -0.3 is 15.4 Å². The Morgan fingerprint density at radius 3 is 2.84 bits per heavy atom. The Labute approximate surface area is 153 Å². The van der Waals surface area contributed by atoms with E-state index >= 15 is 0 Å². The number of piperidine rings is 1. The van der Waals surface area contributed by atoms with E-state index in [2.05, 4.69) is 10.6 Å². The summed E-state index contributed by atoms with van der Waals surface area (Å²) in [4.78, 5) is 12.2. The summed E-state index contributed by atoms with van der Waals surface area (Å²) in [5, 5.41) is 7.10. The molecule has 1 amide bonds. The normalized spacial score (nSPS) is 17.1. The second kappa shape index (κ2) is 8.88. The fourth-order valence-corrected chi connectivity index (χ4v) is 3.19. The molecule has 1 unspecified atom stereocenters. The molecule has 0 bridgehead atoms. The summed E-state index contributed by atoms with van der Waals surface area (Å²) in [6, 6.07) is 15.5. The number of ether oxygens (including phenoxy) is 1. The topological polar surface area (TPSA) is 50.4 Å². The van der Waals surface area contributed by atoms with Crippen LogP contribution in [0.3, 0.4) is 0 Å². The molecule has 2 aromatic rings. The van der Waals surface area contributed by atoms with E-state index in [0.29, 0.717) is 18.1 Å². The zero-order chi connectivity index (χ0) is 17.5. The van der Waals surface area contributed by atoms with Crippen molar-refractivity contribution in [1.82, 2.24) is 10.6 Å². The van der Waals surface area contributed by atoms with Crippen LogP contribution in [-0.2, 0) is 17.8 Å². The number of hydrogen-bond donors (Lipinski definition) is 2. The maximum absolute atomic E-state index is 12.2. The Balaban J connectivity index is 1.52. The van der Waals surface area contributed by atoms with Crippen molar-refractivity contribution < 1.29 is 9.53 Å². The molecule has 0 spiro atoms. The summed E-state index contributed by atoms with van der Waals surface area (Å²) in [6.07, 6.45) is 2.52. The third kappa shape index (κ3) is 5.76. The average Bonchev–Trinajstić information content (AvgIpc) is 2.61. The Morgan fingerprint density at radius 1 is 1.20 bits per heavy atom. The zero-order valence-electron chi connectivity index (χ0n) is 14.1. The van der Waals surface area contributed by atoms with Crippen LogP contribution in [0.1, 0.15) is 24.0 Å². The van der Waals surface area contributed by atoms with Gasteiger partial charge in [-0.05, 0) is 54.8 Å². The second-order valence-electron chi connectivity index (χ2n) is 6.35. The van der Waals surface area contributed by atoms with Gasteiger partial charge in [-0.1, -0.05) is 35.9 Å². The summed E-state index contributed by atoms with van der Waals surface area (Å²) >= 11 is 5.98. The van der Waals surface area contributed by atoms with Crippen molar-refractivity contribution in [1.29, 1.82) is 0 Å². The van der Waals surface area contributed by atoms with Gasteiger partial charge in [0, 0.05) is 17.6 Å². The van der Waals surface area contributed by atoms with Gasteiger partial charge in [-0.15, -0.1) is 0 Å². The van der Waals surface area contributed by atoms with Crippen LogP contribution in [0.25, 0.3) is 0 Å². The SMILES string of the molecule is O=C(Cc1cccc(OCc2cccc(Cl)c2)c1)NC1CCCNC1. The molecule has 0 radical (unpaired) electrons. The molecule has 5 heteroatoms. The molecule has 1 heterocycles. The number of carbonyl (C=O) groups excluding carboxylic acids is 1. The van der Waals surface area contributed by atoms with Crippen LogP contribution in [0.15, 0.2) is 48.5 Å². The first-order chi connectivity index (χ1) is 12.2. The Kier molecular flexibility index (Phi) is 6.31. The molecule has 1 saturated heterocycles. The highest BCUT2D eigenvalue weighted by molar-refractivity contribution is 6.30. The third-order valence-electron chi connectivity index (χ3n) is 4.22. The first kappa shape index (κ1) is 17.8. The predicted octanol–water partition coefficient (Wildman–Crippen LogP) is 3.33. The van der Waals surface area contributed by atoms with Gasteiger partial charge in [0.15, 0.2) is 0 Å². The van der Waals surface area contributed by atoms with Crippen molar-refractivity contribution in [2.45, 2.75) is 31.9 Å². The number of amides is 1. The first-order valence-corrected chi connectivity index (χ1v) is 9.03. The monoisotopic (exact) mass is 358 g/mol. The maximum Gasteiger partial charge on any atom is 0.224 e. The molecule has 0 aliphatic carbocycles. The van der Waals surface area contributed by atoms with Crippen molar-refractivity contribution in [2.75, 3.05) is 13.1 Å². The summed E-state index contributed by atoms with van der Waals surface area (Å²) in [6.45, 7) is 2.34. The number of halogens is 1. The van der Waals surface area contributed by atoms with E-state index in [4.69, 9.17) is 16.3 Å². The lowest BCUT2D eigenvalue weighted by molar-refractivity contribution is -0.121. The van der Waals surface area contributed by atoms with Crippen molar-refractivity contribution in [2.24, 2.45) is 0 Å². The molecule has 25 heavy (non-hydrogen) atoms. The number of hydrogen-bond acceptors (Lipinski definition) is 3. The van der Waals surface area contributed by atoms with Crippen LogP contribution in [0, 0.1) is 0 Å². The zero-order valence-corrected chi connectivity index (χ0v) is 14.9. The minimum absolute atomic E-state index is 0.0562. The van der Waals surface area contributed by atoms with Crippen LogP contribution in [0.2, 0.25) is 5.02 Å². The van der Waals surface area contributed by atoms with E-state index < -0.39 is 0 Å². The molecule has 1 aliphatic heterocycles.